The Balaban J connectivity index is 2.03. The van der Waals surface area contributed by atoms with Gasteiger partial charge in [-0.15, -0.1) is 0 Å². The molecule has 1 aliphatic rings. The average Bonchev–Trinajstić information content (AvgIpc) is 2.30. The molecule has 0 aromatic carbocycles. The molecule has 100 valence electrons. The lowest BCUT2D eigenvalue weighted by molar-refractivity contribution is 0.320. The largest absolute Gasteiger partial charge is 0.354 e. The SMILES string of the molecule is CCCNc1nc(Cl)nc(N(C)CC2CCC2)n1. The molecule has 0 aliphatic heterocycles. The van der Waals surface area contributed by atoms with E-state index in [0.29, 0.717) is 11.9 Å². The van der Waals surface area contributed by atoms with Crippen LogP contribution < -0.4 is 10.2 Å². The molecule has 1 N–H and O–H groups in total. The number of nitrogens with zero attached hydrogens (tertiary/aromatic N) is 4. The van der Waals surface area contributed by atoms with E-state index < -0.39 is 0 Å². The van der Waals surface area contributed by atoms with Crippen molar-refractivity contribution >= 4 is 23.5 Å². The second-order valence-electron chi connectivity index (χ2n) is 4.83. The van der Waals surface area contributed by atoms with Crippen LogP contribution in [-0.4, -0.2) is 35.1 Å². The zero-order valence-electron chi connectivity index (χ0n) is 11.0. The van der Waals surface area contributed by atoms with Crippen LogP contribution in [0.3, 0.4) is 0 Å². The van der Waals surface area contributed by atoms with Crippen LogP contribution in [0.1, 0.15) is 32.6 Å². The van der Waals surface area contributed by atoms with Crippen molar-refractivity contribution in [3.05, 3.63) is 5.28 Å². The van der Waals surface area contributed by atoms with Crippen molar-refractivity contribution in [3.8, 4) is 0 Å². The van der Waals surface area contributed by atoms with Gasteiger partial charge in [-0.1, -0.05) is 13.3 Å². The van der Waals surface area contributed by atoms with Crippen molar-refractivity contribution < 1.29 is 0 Å². The third-order valence-electron chi connectivity index (χ3n) is 3.23. The maximum Gasteiger partial charge on any atom is 0.231 e. The van der Waals surface area contributed by atoms with E-state index in [9.17, 15) is 0 Å². The molecule has 0 saturated heterocycles. The summed E-state index contributed by atoms with van der Waals surface area (Å²) in [5.41, 5.74) is 0. The highest BCUT2D eigenvalue weighted by molar-refractivity contribution is 6.28. The van der Waals surface area contributed by atoms with E-state index in [4.69, 9.17) is 11.6 Å². The van der Waals surface area contributed by atoms with E-state index in [1.807, 2.05) is 7.05 Å². The van der Waals surface area contributed by atoms with Gasteiger partial charge in [0.1, 0.15) is 0 Å². The highest BCUT2D eigenvalue weighted by atomic mass is 35.5. The van der Waals surface area contributed by atoms with E-state index in [2.05, 4.69) is 32.1 Å². The van der Waals surface area contributed by atoms with Gasteiger partial charge in [0.15, 0.2) is 0 Å². The number of anilines is 2. The Hall–Kier alpha value is -1.10. The quantitative estimate of drug-likeness (QED) is 0.860. The summed E-state index contributed by atoms with van der Waals surface area (Å²) in [6.45, 7) is 3.93. The fraction of sp³-hybridized carbons (Fsp3) is 0.750. The normalized spacial score (nSPS) is 15.3. The molecular formula is C12H20ClN5. The first-order chi connectivity index (χ1) is 8.69. The molecule has 2 rings (SSSR count). The van der Waals surface area contributed by atoms with Crippen LogP contribution in [0.25, 0.3) is 0 Å². The van der Waals surface area contributed by atoms with Gasteiger partial charge < -0.3 is 10.2 Å². The number of nitrogens with one attached hydrogen (secondary N) is 1. The molecule has 1 heterocycles. The number of halogens is 1. The molecule has 1 saturated carbocycles. The van der Waals surface area contributed by atoms with E-state index in [-0.39, 0.29) is 5.28 Å². The predicted octanol–water partition coefficient (Wildman–Crippen LogP) is 2.58. The molecule has 0 spiro atoms. The minimum Gasteiger partial charge on any atom is -0.354 e. The summed E-state index contributed by atoms with van der Waals surface area (Å²) in [5, 5.41) is 3.39. The Morgan fingerprint density at radius 2 is 2.11 bits per heavy atom. The Morgan fingerprint density at radius 3 is 2.72 bits per heavy atom. The zero-order valence-corrected chi connectivity index (χ0v) is 11.7. The van der Waals surface area contributed by atoms with Gasteiger partial charge in [-0.25, -0.2) is 0 Å². The van der Waals surface area contributed by atoms with Gasteiger partial charge >= 0.3 is 0 Å². The Kier molecular flexibility index (Phi) is 4.58. The smallest absolute Gasteiger partial charge is 0.231 e. The molecule has 0 radical (unpaired) electrons. The van der Waals surface area contributed by atoms with E-state index >= 15 is 0 Å². The summed E-state index contributed by atoms with van der Waals surface area (Å²) in [5.74, 6) is 1.99. The molecule has 1 fully saturated rings. The van der Waals surface area contributed by atoms with Crippen molar-refractivity contribution in [3.63, 3.8) is 0 Å². The van der Waals surface area contributed by atoms with Gasteiger partial charge in [0, 0.05) is 20.1 Å². The van der Waals surface area contributed by atoms with Gasteiger partial charge in [-0.05, 0) is 36.8 Å². The predicted molar refractivity (Wildman–Crippen MR) is 74.2 cm³/mol. The van der Waals surface area contributed by atoms with Crippen molar-refractivity contribution in [1.29, 1.82) is 0 Å². The van der Waals surface area contributed by atoms with Crippen molar-refractivity contribution in [1.82, 2.24) is 15.0 Å². The Bertz CT molecular complexity index is 394. The molecule has 1 aromatic heterocycles. The van der Waals surface area contributed by atoms with Crippen LogP contribution in [0, 0.1) is 5.92 Å². The van der Waals surface area contributed by atoms with Crippen LogP contribution in [-0.2, 0) is 0 Å². The Morgan fingerprint density at radius 1 is 1.33 bits per heavy atom. The Labute approximate surface area is 113 Å². The number of hydrogen-bond donors (Lipinski definition) is 1. The third kappa shape index (κ3) is 3.45. The summed E-state index contributed by atoms with van der Waals surface area (Å²) in [6.07, 6.45) is 4.99. The molecule has 5 nitrogen and oxygen atoms in total. The lowest BCUT2D eigenvalue weighted by Crippen LogP contribution is -2.30. The first-order valence-electron chi connectivity index (χ1n) is 6.55. The lowest BCUT2D eigenvalue weighted by Gasteiger charge is -2.30. The van der Waals surface area contributed by atoms with Gasteiger partial charge in [-0.3, -0.25) is 0 Å². The summed E-state index contributed by atoms with van der Waals surface area (Å²) < 4.78 is 0. The summed E-state index contributed by atoms with van der Waals surface area (Å²) in [6, 6.07) is 0. The fourth-order valence-electron chi connectivity index (χ4n) is 1.97. The van der Waals surface area contributed by atoms with E-state index in [0.717, 1.165) is 25.4 Å². The molecule has 0 bridgehead atoms. The minimum atomic E-state index is 0.249. The third-order valence-corrected chi connectivity index (χ3v) is 3.40. The minimum absolute atomic E-state index is 0.249. The first kappa shape index (κ1) is 13.3. The second kappa shape index (κ2) is 6.18. The van der Waals surface area contributed by atoms with Crippen LogP contribution in [0.4, 0.5) is 11.9 Å². The van der Waals surface area contributed by atoms with Gasteiger partial charge in [-0.2, -0.15) is 15.0 Å². The van der Waals surface area contributed by atoms with Crippen LogP contribution >= 0.6 is 11.6 Å². The van der Waals surface area contributed by atoms with E-state index in [1.54, 1.807) is 0 Å². The molecule has 0 amide bonds. The standard InChI is InChI=1S/C12H20ClN5/c1-3-7-14-11-15-10(13)16-12(17-11)18(2)8-9-5-4-6-9/h9H,3-8H2,1-2H3,(H,14,15,16,17). The van der Waals surface area contributed by atoms with Crippen molar-refractivity contribution in [2.75, 3.05) is 30.4 Å². The van der Waals surface area contributed by atoms with Crippen LogP contribution in [0.5, 0.6) is 0 Å². The maximum absolute atomic E-state index is 5.93. The van der Waals surface area contributed by atoms with E-state index in [1.165, 1.54) is 19.3 Å². The second-order valence-corrected chi connectivity index (χ2v) is 5.17. The summed E-state index contributed by atoms with van der Waals surface area (Å²) in [7, 11) is 2.01. The average molecular weight is 270 g/mol. The molecule has 1 aliphatic carbocycles. The van der Waals surface area contributed by atoms with Crippen LogP contribution in [0.15, 0.2) is 0 Å². The first-order valence-corrected chi connectivity index (χ1v) is 6.93. The fourth-order valence-corrected chi connectivity index (χ4v) is 2.13. The molecule has 1 aromatic rings. The van der Waals surface area contributed by atoms with Crippen molar-refractivity contribution in [2.45, 2.75) is 32.6 Å². The number of hydrogen-bond acceptors (Lipinski definition) is 5. The lowest BCUT2D eigenvalue weighted by atomic mass is 9.85. The molecule has 0 unspecified atom stereocenters. The van der Waals surface area contributed by atoms with Crippen molar-refractivity contribution in [2.24, 2.45) is 5.92 Å². The van der Waals surface area contributed by atoms with Gasteiger partial charge in [0.25, 0.3) is 0 Å². The molecular weight excluding hydrogens is 250 g/mol. The van der Waals surface area contributed by atoms with Gasteiger partial charge in [0.05, 0.1) is 0 Å². The maximum atomic E-state index is 5.93. The highest BCUT2D eigenvalue weighted by Crippen LogP contribution is 2.27. The monoisotopic (exact) mass is 269 g/mol. The number of aromatic nitrogens is 3. The van der Waals surface area contributed by atoms with Crippen LogP contribution in [0.2, 0.25) is 5.28 Å². The molecule has 0 atom stereocenters. The summed E-state index contributed by atoms with van der Waals surface area (Å²) in [4.78, 5) is 14.7. The molecule has 6 heteroatoms. The summed E-state index contributed by atoms with van der Waals surface area (Å²) >= 11 is 5.93. The molecule has 18 heavy (non-hydrogen) atoms. The topological polar surface area (TPSA) is 53.9 Å². The highest BCUT2D eigenvalue weighted by Gasteiger charge is 2.20. The number of rotatable bonds is 6. The van der Waals surface area contributed by atoms with Gasteiger partial charge in [0.2, 0.25) is 17.2 Å². The zero-order chi connectivity index (χ0) is 13.0.